The van der Waals surface area contributed by atoms with Crippen molar-refractivity contribution in [2.45, 2.75) is 132 Å². The summed E-state index contributed by atoms with van der Waals surface area (Å²) in [4.78, 5) is 25.4. The van der Waals surface area contributed by atoms with Gasteiger partial charge in [0.1, 0.15) is 6.10 Å². The second kappa shape index (κ2) is 8.72. The van der Waals surface area contributed by atoms with Crippen molar-refractivity contribution in [2.24, 2.45) is 62.6 Å². The van der Waals surface area contributed by atoms with E-state index in [0.717, 1.165) is 38.5 Å². The number of fused-ring (bicyclic) bond motifs is 7. The molecule has 1 N–H and O–H groups in total. The van der Waals surface area contributed by atoms with Gasteiger partial charge in [0.05, 0.1) is 11.8 Å². The molecular weight excluding hydrogens is 460 g/mol. The zero-order valence-electron chi connectivity index (χ0n) is 25.0. The lowest BCUT2D eigenvalue weighted by molar-refractivity contribution is -0.224. The summed E-state index contributed by atoms with van der Waals surface area (Å²) in [6, 6.07) is 0. The Morgan fingerprint density at radius 2 is 1.49 bits per heavy atom. The van der Waals surface area contributed by atoms with Crippen LogP contribution in [0.5, 0.6) is 0 Å². The van der Waals surface area contributed by atoms with Gasteiger partial charge in [-0.2, -0.15) is 0 Å². The fourth-order valence-electron chi connectivity index (χ4n) is 11.8. The van der Waals surface area contributed by atoms with Crippen molar-refractivity contribution in [2.75, 3.05) is 0 Å². The molecule has 5 fully saturated rings. The van der Waals surface area contributed by atoms with E-state index in [4.69, 9.17) is 4.74 Å². The molecule has 5 aliphatic carbocycles. The largest absolute Gasteiger partial charge is 0.481 e. The molecule has 0 radical (unpaired) electrons. The van der Waals surface area contributed by atoms with Crippen molar-refractivity contribution in [3.63, 3.8) is 0 Å². The Kier molecular flexibility index (Phi) is 6.48. The Morgan fingerprint density at radius 3 is 2.14 bits per heavy atom. The number of esters is 1. The Morgan fingerprint density at radius 1 is 0.838 bits per heavy atom. The van der Waals surface area contributed by atoms with Crippen LogP contribution in [0.1, 0.15) is 126 Å². The van der Waals surface area contributed by atoms with Gasteiger partial charge in [-0.15, -0.1) is 0 Å². The number of rotatable bonds is 3. The smallest absolute Gasteiger partial charge is 0.309 e. The highest BCUT2D eigenvalue weighted by Crippen LogP contribution is 2.73. The first kappa shape index (κ1) is 27.5. The van der Waals surface area contributed by atoms with Crippen molar-refractivity contribution < 1.29 is 19.4 Å². The molecule has 0 heterocycles. The molecule has 0 bridgehead atoms. The Labute approximate surface area is 226 Å². The van der Waals surface area contributed by atoms with Gasteiger partial charge in [0.25, 0.3) is 0 Å². The van der Waals surface area contributed by atoms with Crippen LogP contribution in [0.4, 0.5) is 0 Å². The van der Waals surface area contributed by atoms with Gasteiger partial charge in [-0.3, -0.25) is 9.59 Å². The van der Waals surface area contributed by atoms with Crippen LogP contribution in [-0.4, -0.2) is 23.1 Å². The van der Waals surface area contributed by atoms with E-state index in [9.17, 15) is 14.7 Å². The number of carboxylic acids is 1. The number of carbonyl (C=O) groups is 2. The van der Waals surface area contributed by atoms with E-state index in [1.807, 2.05) is 0 Å². The molecule has 10 unspecified atom stereocenters. The van der Waals surface area contributed by atoms with Gasteiger partial charge in [-0.25, -0.2) is 0 Å². The van der Waals surface area contributed by atoms with E-state index < -0.39 is 11.4 Å². The standard InChI is InChI=1S/C33H54O4/c1-20-11-17-33(28(35)36)18-12-22-21(27(20)33)9-10-24-31(22,7)15-13-23-30(5,6)25(14-16-32(23,24)8)37-26(34)19-29(2,3)4/h20-25,27H,9-19H2,1-8H3,(H,35,36). The zero-order chi connectivity index (χ0) is 27.2. The van der Waals surface area contributed by atoms with Gasteiger partial charge >= 0.3 is 11.9 Å². The van der Waals surface area contributed by atoms with Crippen molar-refractivity contribution >= 4 is 11.9 Å². The molecule has 4 heteroatoms. The maximum Gasteiger partial charge on any atom is 0.309 e. The third kappa shape index (κ3) is 4.03. The summed E-state index contributed by atoms with van der Waals surface area (Å²) in [5.74, 6) is 2.82. The summed E-state index contributed by atoms with van der Waals surface area (Å²) in [6.07, 6.45) is 11.5. The first-order valence-corrected chi connectivity index (χ1v) is 15.5. The molecule has 0 amide bonds. The fraction of sp³-hybridized carbons (Fsp3) is 0.939. The molecule has 10 atom stereocenters. The summed E-state index contributed by atoms with van der Waals surface area (Å²) in [5.41, 5.74) is 0.0281. The van der Waals surface area contributed by atoms with Crippen LogP contribution in [0.25, 0.3) is 0 Å². The predicted molar refractivity (Wildman–Crippen MR) is 147 cm³/mol. The van der Waals surface area contributed by atoms with Crippen molar-refractivity contribution in [3.8, 4) is 0 Å². The molecule has 0 aromatic carbocycles. The second-order valence-electron chi connectivity index (χ2n) is 16.6. The molecule has 210 valence electrons. The fourth-order valence-corrected chi connectivity index (χ4v) is 11.8. The number of carboxylic acid groups (broad SMARTS) is 1. The molecule has 0 aliphatic heterocycles. The lowest BCUT2D eigenvalue weighted by atomic mass is 9.36. The minimum atomic E-state index is -0.510. The van der Waals surface area contributed by atoms with Crippen LogP contribution >= 0.6 is 0 Å². The van der Waals surface area contributed by atoms with E-state index in [0.29, 0.717) is 47.3 Å². The third-order valence-electron chi connectivity index (χ3n) is 13.2. The van der Waals surface area contributed by atoms with Gasteiger partial charge in [0.2, 0.25) is 0 Å². The first-order valence-electron chi connectivity index (χ1n) is 15.5. The van der Waals surface area contributed by atoms with Gasteiger partial charge in [-0.05, 0) is 116 Å². The topological polar surface area (TPSA) is 63.6 Å². The Bertz CT molecular complexity index is 931. The molecule has 4 nitrogen and oxygen atoms in total. The highest BCUT2D eigenvalue weighted by atomic mass is 16.5. The van der Waals surface area contributed by atoms with Crippen LogP contribution in [0.15, 0.2) is 0 Å². The minimum absolute atomic E-state index is 0.00585. The quantitative estimate of drug-likeness (QED) is 0.386. The highest BCUT2D eigenvalue weighted by molar-refractivity contribution is 5.76. The average Bonchev–Trinajstić information content (AvgIpc) is 3.12. The first-order chi connectivity index (χ1) is 17.1. The number of aliphatic carboxylic acids is 1. The molecule has 5 saturated carbocycles. The molecule has 0 aromatic rings. The predicted octanol–water partition coefficient (Wildman–Crippen LogP) is 8.13. The molecule has 5 aliphatic rings. The molecule has 0 spiro atoms. The highest BCUT2D eigenvalue weighted by Gasteiger charge is 2.68. The number of carbonyl (C=O) groups excluding carboxylic acids is 1. The maximum absolute atomic E-state index is 12.8. The molecule has 5 rings (SSSR count). The molecule has 37 heavy (non-hydrogen) atoms. The van der Waals surface area contributed by atoms with Crippen LogP contribution < -0.4 is 0 Å². The second-order valence-corrected chi connectivity index (χ2v) is 16.6. The Balaban J connectivity index is 1.39. The van der Waals surface area contributed by atoms with Gasteiger partial charge in [-0.1, -0.05) is 55.4 Å². The number of hydrogen-bond donors (Lipinski definition) is 1. The van der Waals surface area contributed by atoms with Crippen LogP contribution in [0.2, 0.25) is 0 Å². The molecule has 0 saturated heterocycles. The summed E-state index contributed by atoms with van der Waals surface area (Å²) in [6.45, 7) is 18.6. The third-order valence-corrected chi connectivity index (χ3v) is 13.2. The van der Waals surface area contributed by atoms with Gasteiger partial charge in [0, 0.05) is 5.41 Å². The number of ether oxygens (including phenoxy) is 1. The summed E-state index contributed by atoms with van der Waals surface area (Å²) in [7, 11) is 0. The van der Waals surface area contributed by atoms with Crippen molar-refractivity contribution in [3.05, 3.63) is 0 Å². The van der Waals surface area contributed by atoms with E-state index in [2.05, 4.69) is 55.4 Å². The van der Waals surface area contributed by atoms with Gasteiger partial charge < -0.3 is 9.84 Å². The van der Waals surface area contributed by atoms with Crippen molar-refractivity contribution in [1.29, 1.82) is 0 Å². The summed E-state index contributed by atoms with van der Waals surface area (Å²) in [5, 5.41) is 10.4. The minimum Gasteiger partial charge on any atom is -0.481 e. The zero-order valence-corrected chi connectivity index (χ0v) is 25.0. The normalized spacial score (nSPS) is 48.7. The van der Waals surface area contributed by atoms with Gasteiger partial charge in [0.15, 0.2) is 0 Å². The Hall–Kier alpha value is -1.06. The molecular formula is C33H54O4. The lowest BCUT2D eigenvalue weighted by Crippen LogP contribution is -2.64. The summed E-state index contributed by atoms with van der Waals surface area (Å²) < 4.78 is 6.22. The van der Waals surface area contributed by atoms with E-state index in [1.165, 1.54) is 25.7 Å². The SMILES string of the molecule is CC1CCC2(C(=O)O)CCC3C(CCC4C3(C)CCC3C(C)(C)C(OC(=O)CC(C)(C)C)CCC34C)C12. The average molecular weight is 515 g/mol. The van der Waals surface area contributed by atoms with E-state index >= 15 is 0 Å². The van der Waals surface area contributed by atoms with Crippen LogP contribution in [0.3, 0.4) is 0 Å². The lowest BCUT2D eigenvalue weighted by Gasteiger charge is -2.69. The van der Waals surface area contributed by atoms with Crippen LogP contribution in [0, 0.1) is 62.6 Å². The number of hydrogen-bond acceptors (Lipinski definition) is 3. The molecule has 0 aromatic heterocycles. The van der Waals surface area contributed by atoms with E-state index in [1.54, 1.807) is 0 Å². The van der Waals surface area contributed by atoms with Crippen molar-refractivity contribution in [1.82, 2.24) is 0 Å². The monoisotopic (exact) mass is 514 g/mol. The van der Waals surface area contributed by atoms with E-state index in [-0.39, 0.29) is 28.3 Å². The maximum atomic E-state index is 12.8. The summed E-state index contributed by atoms with van der Waals surface area (Å²) >= 11 is 0. The van der Waals surface area contributed by atoms with Crippen LogP contribution in [-0.2, 0) is 14.3 Å².